The molecule has 0 heterocycles. The lowest BCUT2D eigenvalue weighted by atomic mass is 10.1. The SMILES string of the molecule is CS(=O)(=O)CCC(NC(=O)c1ccc(Cl)cc1)C(=O)Nc1ccc(Cl)cc1F. The van der Waals surface area contributed by atoms with Gasteiger partial charge in [-0.05, 0) is 48.9 Å². The zero-order valence-electron chi connectivity index (χ0n) is 14.7. The zero-order chi connectivity index (χ0) is 20.9. The zero-order valence-corrected chi connectivity index (χ0v) is 17.0. The number of carbonyl (C=O) groups excluding carboxylic acids is 2. The normalized spacial score (nSPS) is 12.3. The summed E-state index contributed by atoms with van der Waals surface area (Å²) in [5, 5.41) is 5.39. The van der Waals surface area contributed by atoms with Crippen molar-refractivity contribution < 1.29 is 22.4 Å². The van der Waals surface area contributed by atoms with Crippen LogP contribution in [0.4, 0.5) is 10.1 Å². The molecule has 2 rings (SSSR count). The minimum absolute atomic E-state index is 0.139. The molecule has 10 heteroatoms. The summed E-state index contributed by atoms with van der Waals surface area (Å²) >= 11 is 11.5. The van der Waals surface area contributed by atoms with Crippen LogP contribution in [0.5, 0.6) is 0 Å². The maximum atomic E-state index is 13.9. The largest absolute Gasteiger partial charge is 0.340 e. The predicted octanol–water partition coefficient (Wildman–Crippen LogP) is 3.30. The molecule has 0 fully saturated rings. The lowest BCUT2D eigenvalue weighted by Gasteiger charge is -2.18. The molecule has 2 N–H and O–H groups in total. The molecule has 0 saturated heterocycles. The molecule has 0 spiro atoms. The van der Waals surface area contributed by atoms with Crippen LogP contribution in [0.1, 0.15) is 16.8 Å². The number of sulfone groups is 1. The number of rotatable bonds is 7. The Kier molecular flexibility index (Phi) is 7.40. The summed E-state index contributed by atoms with van der Waals surface area (Å²) in [6.45, 7) is 0. The van der Waals surface area contributed by atoms with Gasteiger partial charge in [-0.15, -0.1) is 0 Å². The van der Waals surface area contributed by atoms with E-state index in [9.17, 15) is 22.4 Å². The second-order valence-corrected chi connectivity index (χ2v) is 9.20. The third-order valence-corrected chi connectivity index (χ3v) is 5.16. The highest BCUT2D eigenvalue weighted by atomic mass is 35.5. The quantitative estimate of drug-likeness (QED) is 0.682. The van der Waals surface area contributed by atoms with Gasteiger partial charge in [-0.3, -0.25) is 9.59 Å². The van der Waals surface area contributed by atoms with E-state index >= 15 is 0 Å². The summed E-state index contributed by atoms with van der Waals surface area (Å²) in [7, 11) is -3.39. The molecule has 2 amide bonds. The van der Waals surface area contributed by atoms with Crippen molar-refractivity contribution >= 4 is 50.5 Å². The van der Waals surface area contributed by atoms with Gasteiger partial charge >= 0.3 is 0 Å². The van der Waals surface area contributed by atoms with Crippen LogP contribution in [0, 0.1) is 5.82 Å². The molecule has 2 aromatic carbocycles. The fourth-order valence-corrected chi connectivity index (χ4v) is 3.20. The summed E-state index contributed by atoms with van der Waals surface area (Å²) in [6, 6.07) is 8.41. The van der Waals surface area contributed by atoms with Crippen LogP contribution >= 0.6 is 23.2 Å². The molecule has 2 aromatic rings. The molecule has 0 aliphatic carbocycles. The van der Waals surface area contributed by atoms with Gasteiger partial charge < -0.3 is 10.6 Å². The molecular formula is C18H17Cl2FN2O4S. The van der Waals surface area contributed by atoms with E-state index in [1.165, 1.54) is 36.4 Å². The average Bonchev–Trinajstić information content (AvgIpc) is 2.60. The van der Waals surface area contributed by atoms with E-state index in [0.29, 0.717) is 5.02 Å². The van der Waals surface area contributed by atoms with Gasteiger partial charge in [0.2, 0.25) is 5.91 Å². The van der Waals surface area contributed by atoms with Crippen LogP contribution in [0.2, 0.25) is 10.0 Å². The smallest absolute Gasteiger partial charge is 0.251 e. The number of amides is 2. The molecule has 0 saturated carbocycles. The Hall–Kier alpha value is -2.16. The minimum Gasteiger partial charge on any atom is -0.340 e. The van der Waals surface area contributed by atoms with E-state index in [0.717, 1.165) is 12.3 Å². The first-order chi connectivity index (χ1) is 13.0. The topological polar surface area (TPSA) is 92.3 Å². The summed E-state index contributed by atoms with van der Waals surface area (Å²) in [6.07, 6.45) is 0.834. The summed E-state index contributed by atoms with van der Waals surface area (Å²) in [5.41, 5.74) is 0.0960. The van der Waals surface area contributed by atoms with Gasteiger partial charge in [0.05, 0.1) is 11.4 Å². The van der Waals surface area contributed by atoms with Crippen molar-refractivity contribution in [2.24, 2.45) is 0 Å². The summed E-state index contributed by atoms with van der Waals surface area (Å²) in [5.74, 6) is -2.45. The van der Waals surface area contributed by atoms with Crippen molar-refractivity contribution in [3.63, 3.8) is 0 Å². The summed E-state index contributed by atoms with van der Waals surface area (Å²) < 4.78 is 36.9. The second-order valence-electron chi connectivity index (χ2n) is 6.06. The first kappa shape index (κ1) is 22.1. The molecule has 1 atom stereocenters. The summed E-state index contributed by atoms with van der Waals surface area (Å²) in [4.78, 5) is 24.9. The van der Waals surface area contributed by atoms with Crippen molar-refractivity contribution in [2.45, 2.75) is 12.5 Å². The van der Waals surface area contributed by atoms with Crippen molar-refractivity contribution in [1.82, 2.24) is 5.32 Å². The predicted molar refractivity (Wildman–Crippen MR) is 107 cm³/mol. The Morgan fingerprint density at radius 2 is 1.68 bits per heavy atom. The van der Waals surface area contributed by atoms with Crippen LogP contribution in [-0.4, -0.2) is 38.3 Å². The van der Waals surface area contributed by atoms with Crippen molar-refractivity contribution in [2.75, 3.05) is 17.3 Å². The standard InChI is InChI=1S/C18H17Cl2FN2O4S/c1-28(26,27)9-8-16(23-17(24)11-2-4-12(19)5-3-11)18(25)22-15-7-6-13(20)10-14(15)21/h2-7,10,16H,8-9H2,1H3,(H,22,25)(H,23,24). The minimum atomic E-state index is -3.39. The number of halogens is 3. The fourth-order valence-electron chi connectivity index (χ4n) is 2.25. The number of carbonyl (C=O) groups is 2. The van der Waals surface area contributed by atoms with E-state index < -0.39 is 33.5 Å². The van der Waals surface area contributed by atoms with Gasteiger partial charge in [0, 0.05) is 21.9 Å². The number of hydrogen-bond donors (Lipinski definition) is 2. The number of hydrogen-bond acceptors (Lipinski definition) is 4. The molecule has 28 heavy (non-hydrogen) atoms. The highest BCUT2D eigenvalue weighted by Gasteiger charge is 2.24. The third kappa shape index (κ3) is 6.78. The van der Waals surface area contributed by atoms with E-state index in [1.807, 2.05) is 0 Å². The molecule has 6 nitrogen and oxygen atoms in total. The maximum absolute atomic E-state index is 13.9. The Morgan fingerprint density at radius 1 is 1.07 bits per heavy atom. The average molecular weight is 447 g/mol. The van der Waals surface area contributed by atoms with Crippen LogP contribution < -0.4 is 10.6 Å². The Labute approximate surface area is 171 Å². The van der Waals surface area contributed by atoms with Crippen molar-refractivity contribution in [3.8, 4) is 0 Å². The van der Waals surface area contributed by atoms with Crippen LogP contribution in [0.15, 0.2) is 42.5 Å². The van der Waals surface area contributed by atoms with Gasteiger partial charge in [-0.25, -0.2) is 12.8 Å². The first-order valence-corrected chi connectivity index (χ1v) is 10.9. The van der Waals surface area contributed by atoms with Crippen molar-refractivity contribution in [3.05, 3.63) is 63.9 Å². The van der Waals surface area contributed by atoms with E-state index in [4.69, 9.17) is 23.2 Å². The van der Waals surface area contributed by atoms with Gasteiger partial charge in [0.25, 0.3) is 5.91 Å². The molecule has 0 aromatic heterocycles. The van der Waals surface area contributed by atoms with E-state index in [1.54, 1.807) is 0 Å². The van der Waals surface area contributed by atoms with Gasteiger partial charge in [0.1, 0.15) is 21.7 Å². The third-order valence-electron chi connectivity index (χ3n) is 3.69. The van der Waals surface area contributed by atoms with Crippen LogP contribution in [0.3, 0.4) is 0 Å². The fraction of sp³-hybridized carbons (Fsp3) is 0.222. The maximum Gasteiger partial charge on any atom is 0.251 e. The first-order valence-electron chi connectivity index (χ1n) is 8.05. The van der Waals surface area contributed by atoms with E-state index in [-0.39, 0.29) is 28.4 Å². The van der Waals surface area contributed by atoms with Crippen molar-refractivity contribution in [1.29, 1.82) is 0 Å². The molecule has 0 bridgehead atoms. The Morgan fingerprint density at radius 3 is 2.25 bits per heavy atom. The number of nitrogens with one attached hydrogen (secondary N) is 2. The molecule has 0 radical (unpaired) electrons. The van der Waals surface area contributed by atoms with E-state index in [2.05, 4.69) is 10.6 Å². The number of benzene rings is 2. The van der Waals surface area contributed by atoms with Crippen LogP contribution in [0.25, 0.3) is 0 Å². The number of anilines is 1. The highest BCUT2D eigenvalue weighted by molar-refractivity contribution is 7.90. The van der Waals surface area contributed by atoms with Gasteiger partial charge in [-0.2, -0.15) is 0 Å². The molecular weight excluding hydrogens is 430 g/mol. The monoisotopic (exact) mass is 446 g/mol. The second kappa shape index (κ2) is 9.36. The molecule has 1 unspecified atom stereocenters. The van der Waals surface area contributed by atoms with Gasteiger partial charge in [-0.1, -0.05) is 23.2 Å². The Balaban J connectivity index is 2.18. The highest BCUT2D eigenvalue weighted by Crippen LogP contribution is 2.19. The molecule has 0 aliphatic heterocycles. The lowest BCUT2D eigenvalue weighted by molar-refractivity contribution is -0.118. The molecule has 0 aliphatic rings. The Bertz CT molecular complexity index is 982. The van der Waals surface area contributed by atoms with Gasteiger partial charge in [0.15, 0.2) is 0 Å². The molecule has 150 valence electrons. The van der Waals surface area contributed by atoms with Crippen LogP contribution in [-0.2, 0) is 14.6 Å². The lowest BCUT2D eigenvalue weighted by Crippen LogP contribution is -2.44.